The Balaban J connectivity index is 2.05. The molecule has 2 unspecified atom stereocenters. The third-order valence-electron chi connectivity index (χ3n) is 3.46. The van der Waals surface area contributed by atoms with Crippen molar-refractivity contribution < 1.29 is 4.74 Å². The Morgan fingerprint density at radius 2 is 1.76 bits per heavy atom. The van der Waals surface area contributed by atoms with Gasteiger partial charge in [-0.05, 0) is 36.3 Å². The van der Waals surface area contributed by atoms with Crippen molar-refractivity contribution in [1.29, 1.82) is 0 Å². The Hall–Kier alpha value is -0.530. The maximum absolute atomic E-state index is 6.49. The number of ether oxygens (including phenoxy) is 1. The fourth-order valence-electron chi connectivity index (χ4n) is 2.28. The average Bonchev–Trinajstić information content (AvgIpc) is 2.39. The smallest absolute Gasteiger partial charge is 0.0847 e. The highest BCUT2D eigenvalue weighted by molar-refractivity contribution is 6.21. The van der Waals surface area contributed by atoms with Crippen LogP contribution < -0.4 is 0 Å². The quantitative estimate of drug-likeness (QED) is 0.711. The molecule has 1 aromatic carbocycles. The Bertz CT molecular complexity index is 338. The maximum atomic E-state index is 6.49. The van der Waals surface area contributed by atoms with E-state index in [-0.39, 0.29) is 11.5 Å². The van der Waals surface area contributed by atoms with Gasteiger partial charge in [-0.1, -0.05) is 38.1 Å². The largest absolute Gasteiger partial charge is 0.376 e. The molecular formula is C15H21ClO. The second-order valence-electron chi connectivity index (χ2n) is 5.13. The molecule has 2 rings (SSSR count). The first-order valence-corrected chi connectivity index (χ1v) is 6.97. The summed E-state index contributed by atoms with van der Waals surface area (Å²) in [4.78, 5) is 0. The summed E-state index contributed by atoms with van der Waals surface area (Å²) in [6.07, 6.45) is 3.68. The summed E-state index contributed by atoms with van der Waals surface area (Å²) in [7, 11) is 0. The van der Waals surface area contributed by atoms with Gasteiger partial charge >= 0.3 is 0 Å². The summed E-state index contributed by atoms with van der Waals surface area (Å²) >= 11 is 6.49. The van der Waals surface area contributed by atoms with Gasteiger partial charge in [0.2, 0.25) is 0 Å². The van der Waals surface area contributed by atoms with Crippen LogP contribution in [0.4, 0.5) is 0 Å². The molecule has 1 nitrogen and oxygen atoms in total. The summed E-state index contributed by atoms with van der Waals surface area (Å²) < 4.78 is 5.74. The molecule has 2 heteroatoms. The average molecular weight is 253 g/mol. The van der Waals surface area contributed by atoms with E-state index in [0.717, 1.165) is 13.0 Å². The van der Waals surface area contributed by atoms with Gasteiger partial charge in [-0.25, -0.2) is 0 Å². The lowest BCUT2D eigenvalue weighted by atomic mass is 9.97. The van der Waals surface area contributed by atoms with Crippen molar-refractivity contribution in [3.63, 3.8) is 0 Å². The van der Waals surface area contributed by atoms with Crippen LogP contribution in [0.3, 0.4) is 0 Å². The van der Waals surface area contributed by atoms with Gasteiger partial charge in [-0.15, -0.1) is 11.6 Å². The van der Waals surface area contributed by atoms with Crippen LogP contribution in [0.25, 0.3) is 0 Å². The number of hydrogen-bond acceptors (Lipinski definition) is 1. The van der Waals surface area contributed by atoms with Crippen LogP contribution in [-0.2, 0) is 4.74 Å². The molecule has 0 N–H and O–H groups in total. The van der Waals surface area contributed by atoms with E-state index in [0.29, 0.717) is 5.92 Å². The molecule has 2 atom stereocenters. The summed E-state index contributed by atoms with van der Waals surface area (Å²) in [5.41, 5.74) is 2.55. The van der Waals surface area contributed by atoms with Crippen molar-refractivity contribution in [3.05, 3.63) is 35.4 Å². The number of rotatable bonds is 3. The molecular weight excluding hydrogens is 232 g/mol. The fourth-order valence-corrected chi connectivity index (χ4v) is 2.62. The predicted octanol–water partition coefficient (Wildman–Crippen LogP) is 4.66. The molecule has 1 fully saturated rings. The van der Waals surface area contributed by atoms with Gasteiger partial charge < -0.3 is 4.74 Å². The van der Waals surface area contributed by atoms with Crippen molar-refractivity contribution in [2.75, 3.05) is 6.61 Å². The lowest BCUT2D eigenvalue weighted by Gasteiger charge is -2.27. The number of hydrogen-bond donors (Lipinski definition) is 0. The molecule has 1 saturated heterocycles. The van der Waals surface area contributed by atoms with E-state index in [4.69, 9.17) is 16.3 Å². The highest BCUT2D eigenvalue weighted by Gasteiger charge is 2.23. The van der Waals surface area contributed by atoms with E-state index >= 15 is 0 Å². The molecule has 1 aliphatic heterocycles. The van der Waals surface area contributed by atoms with Crippen LogP contribution in [0.5, 0.6) is 0 Å². The lowest BCUT2D eigenvalue weighted by molar-refractivity contribution is 0.0136. The van der Waals surface area contributed by atoms with Gasteiger partial charge in [-0.2, -0.15) is 0 Å². The zero-order valence-electron chi connectivity index (χ0n) is 10.7. The maximum Gasteiger partial charge on any atom is 0.0847 e. The molecule has 1 aliphatic rings. The SMILES string of the molecule is CC(C)c1ccc(C(Cl)C2CCCCO2)cc1. The zero-order chi connectivity index (χ0) is 12.3. The first-order valence-electron chi connectivity index (χ1n) is 6.54. The van der Waals surface area contributed by atoms with Crippen molar-refractivity contribution in [2.24, 2.45) is 0 Å². The number of halogens is 1. The monoisotopic (exact) mass is 252 g/mol. The standard InChI is InChI=1S/C15H21ClO/c1-11(2)12-6-8-13(9-7-12)15(16)14-5-3-4-10-17-14/h6-9,11,14-15H,3-5,10H2,1-2H3. The van der Waals surface area contributed by atoms with Gasteiger partial charge in [0, 0.05) is 6.61 Å². The van der Waals surface area contributed by atoms with Crippen LogP contribution in [0.1, 0.15) is 55.5 Å². The van der Waals surface area contributed by atoms with Crippen LogP contribution >= 0.6 is 11.6 Å². The van der Waals surface area contributed by atoms with Gasteiger partial charge in [-0.3, -0.25) is 0 Å². The van der Waals surface area contributed by atoms with Crippen molar-refractivity contribution in [3.8, 4) is 0 Å². The first kappa shape index (κ1) is 12.9. The summed E-state index contributed by atoms with van der Waals surface area (Å²) in [5, 5.41) is -0.00323. The minimum Gasteiger partial charge on any atom is -0.376 e. The molecule has 94 valence electrons. The third kappa shape index (κ3) is 3.23. The second kappa shape index (κ2) is 5.88. The molecule has 1 aromatic rings. The summed E-state index contributed by atoms with van der Waals surface area (Å²) in [6, 6.07) is 8.65. The molecule has 0 spiro atoms. The third-order valence-corrected chi connectivity index (χ3v) is 4.00. The summed E-state index contributed by atoms with van der Waals surface area (Å²) in [6.45, 7) is 5.27. The van der Waals surface area contributed by atoms with Gasteiger partial charge in [0.25, 0.3) is 0 Å². The second-order valence-corrected chi connectivity index (χ2v) is 5.60. The van der Waals surface area contributed by atoms with E-state index < -0.39 is 0 Å². The Labute approximate surface area is 109 Å². The van der Waals surface area contributed by atoms with E-state index in [1.165, 1.54) is 24.0 Å². The van der Waals surface area contributed by atoms with Crippen molar-refractivity contribution >= 4 is 11.6 Å². The fraction of sp³-hybridized carbons (Fsp3) is 0.600. The molecule has 0 aromatic heterocycles. The minimum absolute atomic E-state index is 0.00323. The normalized spacial score (nSPS) is 22.7. The predicted molar refractivity (Wildman–Crippen MR) is 72.7 cm³/mol. The molecule has 0 radical (unpaired) electrons. The van der Waals surface area contributed by atoms with Crippen molar-refractivity contribution in [1.82, 2.24) is 0 Å². The van der Waals surface area contributed by atoms with Gasteiger partial charge in [0.05, 0.1) is 11.5 Å². The van der Waals surface area contributed by atoms with E-state index in [9.17, 15) is 0 Å². The van der Waals surface area contributed by atoms with Crippen LogP contribution in [0.2, 0.25) is 0 Å². The van der Waals surface area contributed by atoms with Gasteiger partial charge in [0.15, 0.2) is 0 Å². The molecule has 0 amide bonds. The zero-order valence-corrected chi connectivity index (χ0v) is 11.4. The molecule has 17 heavy (non-hydrogen) atoms. The van der Waals surface area contributed by atoms with E-state index in [2.05, 4.69) is 38.1 Å². The Morgan fingerprint density at radius 3 is 2.29 bits per heavy atom. The molecule has 0 saturated carbocycles. The number of benzene rings is 1. The molecule has 1 heterocycles. The Morgan fingerprint density at radius 1 is 1.12 bits per heavy atom. The topological polar surface area (TPSA) is 9.23 Å². The van der Waals surface area contributed by atoms with Crippen LogP contribution in [0, 0.1) is 0 Å². The molecule has 0 bridgehead atoms. The highest BCUT2D eigenvalue weighted by Crippen LogP contribution is 2.32. The minimum atomic E-state index is -0.00323. The lowest BCUT2D eigenvalue weighted by Crippen LogP contribution is -2.23. The van der Waals surface area contributed by atoms with E-state index in [1.54, 1.807) is 0 Å². The number of alkyl halides is 1. The van der Waals surface area contributed by atoms with Crippen LogP contribution in [-0.4, -0.2) is 12.7 Å². The van der Waals surface area contributed by atoms with Gasteiger partial charge in [0.1, 0.15) is 0 Å². The highest BCUT2D eigenvalue weighted by atomic mass is 35.5. The summed E-state index contributed by atoms with van der Waals surface area (Å²) in [5.74, 6) is 0.573. The first-order chi connectivity index (χ1) is 8.18. The Kier molecular flexibility index (Phi) is 4.47. The van der Waals surface area contributed by atoms with E-state index in [1.807, 2.05) is 0 Å². The van der Waals surface area contributed by atoms with Crippen LogP contribution in [0.15, 0.2) is 24.3 Å². The van der Waals surface area contributed by atoms with Crippen molar-refractivity contribution in [2.45, 2.75) is 50.5 Å². The molecule has 0 aliphatic carbocycles.